The van der Waals surface area contributed by atoms with Crippen LogP contribution in [-0.2, 0) is 4.79 Å². The molecule has 1 aliphatic heterocycles. The van der Waals surface area contributed by atoms with Gasteiger partial charge in [0.25, 0.3) is 0 Å². The molecule has 3 aromatic heterocycles. The Bertz CT molecular complexity index is 1530. The zero-order chi connectivity index (χ0) is 23.1. The molecule has 0 radical (unpaired) electrons. The van der Waals surface area contributed by atoms with Gasteiger partial charge < -0.3 is 20.2 Å². The first kappa shape index (κ1) is 21.1. The summed E-state index contributed by atoms with van der Waals surface area (Å²) < 4.78 is 3.95. The Hall–Kier alpha value is -3.43. The summed E-state index contributed by atoms with van der Waals surface area (Å²) in [6.45, 7) is 2.40. The Morgan fingerprint density at radius 3 is 2.94 bits per heavy atom. The van der Waals surface area contributed by atoms with E-state index in [9.17, 15) is 4.79 Å². The predicted molar refractivity (Wildman–Crippen MR) is 140 cm³/mol. The van der Waals surface area contributed by atoms with E-state index in [2.05, 4.69) is 61.2 Å². The van der Waals surface area contributed by atoms with Gasteiger partial charge in [-0.3, -0.25) is 9.36 Å². The average Bonchev–Trinajstić information content (AvgIpc) is 3.62. The van der Waals surface area contributed by atoms with E-state index in [0.29, 0.717) is 11.2 Å². The zero-order valence-electron chi connectivity index (χ0n) is 18.5. The van der Waals surface area contributed by atoms with Gasteiger partial charge in [0.15, 0.2) is 4.77 Å². The topological polar surface area (TPSA) is 81.7 Å². The summed E-state index contributed by atoms with van der Waals surface area (Å²) in [6.07, 6.45) is 4.23. The van der Waals surface area contributed by atoms with Crippen molar-refractivity contribution in [3.8, 4) is 16.3 Å². The number of carbonyl (C=O) groups is 1. The highest BCUT2D eigenvalue weighted by molar-refractivity contribution is 7.71. The third-order valence-corrected chi connectivity index (χ3v) is 7.70. The maximum Gasteiger partial charge on any atom is 0.222 e. The van der Waals surface area contributed by atoms with Crippen molar-refractivity contribution in [3.05, 3.63) is 59.6 Å². The average molecular weight is 489 g/mol. The lowest BCUT2D eigenvalue weighted by Gasteiger charge is -2.15. The fraction of sp³-hybridized carbons (Fsp3) is 0.240. The van der Waals surface area contributed by atoms with Gasteiger partial charge in [0, 0.05) is 30.8 Å². The summed E-state index contributed by atoms with van der Waals surface area (Å²) in [6, 6.07) is 16.8. The Balaban J connectivity index is 1.37. The molecule has 1 fully saturated rings. The molecule has 9 heteroatoms. The van der Waals surface area contributed by atoms with E-state index in [1.807, 2.05) is 17.0 Å². The molecule has 4 heterocycles. The molecule has 0 bridgehead atoms. The summed E-state index contributed by atoms with van der Waals surface area (Å²) >= 11 is 7.55. The van der Waals surface area contributed by atoms with Gasteiger partial charge >= 0.3 is 0 Å². The molecule has 0 aliphatic carbocycles. The minimum atomic E-state index is 0.269. The van der Waals surface area contributed by atoms with E-state index < -0.39 is 0 Å². The van der Waals surface area contributed by atoms with Gasteiger partial charge in [-0.2, -0.15) is 0 Å². The summed E-state index contributed by atoms with van der Waals surface area (Å²) in [4.78, 5) is 25.9. The molecule has 1 saturated heterocycles. The third-order valence-electron chi connectivity index (χ3n) is 6.29. The minimum Gasteiger partial charge on any atom is -0.370 e. The number of anilines is 1. The van der Waals surface area contributed by atoms with Crippen molar-refractivity contribution >= 4 is 56.4 Å². The van der Waals surface area contributed by atoms with Crippen molar-refractivity contribution in [2.75, 3.05) is 25.0 Å². The van der Waals surface area contributed by atoms with Crippen molar-refractivity contribution in [2.24, 2.45) is 0 Å². The predicted octanol–water partition coefficient (Wildman–Crippen LogP) is 5.72. The number of imidazole rings is 2. The van der Waals surface area contributed by atoms with Crippen LogP contribution in [-0.4, -0.2) is 50.0 Å². The first-order chi connectivity index (χ1) is 16.7. The molecule has 5 aromatic rings. The van der Waals surface area contributed by atoms with E-state index in [-0.39, 0.29) is 5.91 Å². The molecule has 34 heavy (non-hydrogen) atoms. The lowest BCUT2D eigenvalue weighted by atomic mass is 10.2. The van der Waals surface area contributed by atoms with Crippen LogP contribution in [0.1, 0.15) is 19.3 Å². The standard InChI is InChI=1S/C25H24N6OS2/c32-22-7-3-11-30(22)12-4-10-26-24-23(21-13-16-5-1-2-6-20(16)34-21)31(25(33)29-24)17-8-9-18-19(14-17)28-15-27-18/h1-2,5-6,8-9,13-15,26H,3-4,7,10-12H2,(H,27,28)(H,29,33). The number of aromatic amines is 2. The molecule has 7 nitrogen and oxygen atoms in total. The van der Waals surface area contributed by atoms with E-state index in [4.69, 9.17) is 12.2 Å². The number of H-pyrrole nitrogens is 2. The van der Waals surface area contributed by atoms with E-state index in [0.717, 1.165) is 65.6 Å². The molecule has 1 amide bonds. The van der Waals surface area contributed by atoms with Gasteiger partial charge in [-0.15, -0.1) is 11.3 Å². The van der Waals surface area contributed by atoms with E-state index in [1.165, 1.54) is 10.1 Å². The number of aromatic nitrogens is 4. The number of likely N-dealkylation sites (tertiary alicyclic amines) is 1. The summed E-state index contributed by atoms with van der Waals surface area (Å²) in [7, 11) is 0. The number of carbonyl (C=O) groups excluding carboxylic acids is 1. The van der Waals surface area contributed by atoms with Crippen molar-refractivity contribution < 1.29 is 4.79 Å². The third kappa shape index (κ3) is 3.80. The van der Waals surface area contributed by atoms with Crippen LogP contribution in [0.25, 0.3) is 37.4 Å². The summed E-state index contributed by atoms with van der Waals surface area (Å²) in [5, 5.41) is 4.78. The SMILES string of the molecule is O=C1CCCN1CCCNc1[nH]c(=S)n(-c2ccc3nc[nH]c3c2)c1-c1cc2ccccc2s1. The molecule has 0 atom stereocenters. The second-order valence-electron chi connectivity index (χ2n) is 8.51. The van der Waals surface area contributed by atoms with Gasteiger partial charge in [0.05, 0.1) is 27.9 Å². The van der Waals surface area contributed by atoms with Gasteiger partial charge in [-0.25, -0.2) is 4.98 Å². The molecule has 2 aromatic carbocycles. The molecule has 172 valence electrons. The highest BCUT2D eigenvalue weighted by atomic mass is 32.1. The quantitative estimate of drug-likeness (QED) is 0.202. The molecule has 3 N–H and O–H groups in total. The first-order valence-corrected chi connectivity index (χ1v) is 12.7. The van der Waals surface area contributed by atoms with Crippen LogP contribution in [0.4, 0.5) is 5.82 Å². The van der Waals surface area contributed by atoms with Gasteiger partial charge in [0.1, 0.15) is 11.5 Å². The number of amides is 1. The van der Waals surface area contributed by atoms with Crippen molar-refractivity contribution in [2.45, 2.75) is 19.3 Å². The molecule has 0 unspecified atom stereocenters. The Labute approximate surface area is 205 Å². The maximum atomic E-state index is 11.9. The number of nitrogens with zero attached hydrogens (tertiary/aromatic N) is 3. The zero-order valence-corrected chi connectivity index (χ0v) is 20.1. The van der Waals surface area contributed by atoms with Crippen LogP contribution < -0.4 is 5.32 Å². The highest BCUT2D eigenvalue weighted by Gasteiger charge is 2.21. The van der Waals surface area contributed by atoms with Crippen LogP contribution in [0, 0.1) is 4.77 Å². The smallest absolute Gasteiger partial charge is 0.222 e. The molecule has 0 saturated carbocycles. The number of hydrogen-bond acceptors (Lipinski definition) is 5. The highest BCUT2D eigenvalue weighted by Crippen LogP contribution is 2.39. The van der Waals surface area contributed by atoms with Crippen LogP contribution in [0.15, 0.2) is 54.9 Å². The molecule has 6 rings (SSSR count). The number of benzene rings is 2. The number of fused-ring (bicyclic) bond motifs is 2. The van der Waals surface area contributed by atoms with E-state index >= 15 is 0 Å². The Kier molecular flexibility index (Phi) is 5.43. The van der Waals surface area contributed by atoms with E-state index in [1.54, 1.807) is 17.7 Å². The number of nitrogens with one attached hydrogen (secondary N) is 3. The summed E-state index contributed by atoms with van der Waals surface area (Å²) in [5.74, 6) is 1.17. The largest absolute Gasteiger partial charge is 0.370 e. The molecular formula is C25H24N6OS2. The minimum absolute atomic E-state index is 0.269. The monoisotopic (exact) mass is 488 g/mol. The van der Waals surface area contributed by atoms with Crippen molar-refractivity contribution in [1.29, 1.82) is 0 Å². The molecule has 1 aliphatic rings. The maximum absolute atomic E-state index is 11.9. The van der Waals surface area contributed by atoms with Gasteiger partial charge in [0.2, 0.25) is 5.91 Å². The lowest BCUT2D eigenvalue weighted by molar-refractivity contribution is -0.127. The lowest BCUT2D eigenvalue weighted by Crippen LogP contribution is -2.27. The van der Waals surface area contributed by atoms with Crippen LogP contribution >= 0.6 is 23.6 Å². The van der Waals surface area contributed by atoms with Crippen LogP contribution in [0.5, 0.6) is 0 Å². The molecule has 0 spiro atoms. The normalized spacial score (nSPS) is 14.0. The summed E-state index contributed by atoms with van der Waals surface area (Å²) in [5.41, 5.74) is 3.88. The van der Waals surface area contributed by atoms with Crippen molar-refractivity contribution in [1.82, 2.24) is 24.4 Å². The number of rotatable bonds is 7. The fourth-order valence-electron chi connectivity index (χ4n) is 4.63. The second kappa shape index (κ2) is 8.73. The Morgan fingerprint density at radius 1 is 1.18 bits per heavy atom. The molecular weight excluding hydrogens is 464 g/mol. The van der Waals surface area contributed by atoms with Crippen molar-refractivity contribution in [3.63, 3.8) is 0 Å². The van der Waals surface area contributed by atoms with Gasteiger partial charge in [-0.1, -0.05) is 18.2 Å². The number of thiophene rings is 1. The first-order valence-electron chi connectivity index (χ1n) is 11.5. The fourth-order valence-corrected chi connectivity index (χ4v) is 6.03. The van der Waals surface area contributed by atoms with Crippen LogP contribution in [0.3, 0.4) is 0 Å². The van der Waals surface area contributed by atoms with Gasteiger partial charge in [-0.05, 0) is 60.8 Å². The van der Waals surface area contributed by atoms with Crippen LogP contribution in [0.2, 0.25) is 0 Å². The number of hydrogen-bond donors (Lipinski definition) is 3. The second-order valence-corrected chi connectivity index (χ2v) is 9.98. The Morgan fingerprint density at radius 2 is 2.09 bits per heavy atom.